The molecule has 0 N–H and O–H groups in total. The summed E-state index contributed by atoms with van der Waals surface area (Å²) in [6.07, 6.45) is 1.52. The Kier molecular flexibility index (Phi) is 3.65. The van der Waals surface area contributed by atoms with Gasteiger partial charge in [0.1, 0.15) is 5.92 Å². The number of Topliss-reactive ketones (excluding diaryl/α,β-unsaturated/α-hetero) is 1. The minimum absolute atomic E-state index is 0.0365. The number of ketones is 1. The van der Waals surface area contributed by atoms with E-state index in [1.54, 1.807) is 11.0 Å². The van der Waals surface area contributed by atoms with E-state index >= 15 is 0 Å². The maximum Gasteiger partial charge on any atom is 0.237 e. The van der Waals surface area contributed by atoms with Gasteiger partial charge in [0.15, 0.2) is 5.78 Å². The predicted molar refractivity (Wildman–Crippen MR) is 80.2 cm³/mol. The van der Waals surface area contributed by atoms with Crippen LogP contribution in [0, 0.1) is 5.92 Å². The van der Waals surface area contributed by atoms with Crippen LogP contribution in [0.25, 0.3) is 0 Å². The zero-order chi connectivity index (χ0) is 13.9. The summed E-state index contributed by atoms with van der Waals surface area (Å²) in [6, 6.07) is 13.2. The van der Waals surface area contributed by atoms with Gasteiger partial charge < -0.3 is 4.90 Å². The van der Waals surface area contributed by atoms with Crippen molar-refractivity contribution in [2.75, 3.05) is 11.4 Å². The van der Waals surface area contributed by atoms with E-state index in [1.165, 1.54) is 11.3 Å². The highest BCUT2D eigenvalue weighted by Crippen LogP contribution is 2.27. The fourth-order valence-corrected chi connectivity index (χ4v) is 3.29. The molecule has 1 aromatic carbocycles. The fourth-order valence-electron chi connectivity index (χ4n) is 2.57. The number of carbonyl (C=O) groups is 2. The Morgan fingerprint density at radius 2 is 1.95 bits per heavy atom. The summed E-state index contributed by atoms with van der Waals surface area (Å²) < 4.78 is 0. The van der Waals surface area contributed by atoms with Crippen LogP contribution in [0.4, 0.5) is 5.69 Å². The Bertz CT molecular complexity index is 607. The van der Waals surface area contributed by atoms with Gasteiger partial charge in [-0.3, -0.25) is 9.59 Å². The van der Waals surface area contributed by atoms with Crippen LogP contribution in [0.2, 0.25) is 0 Å². The fraction of sp³-hybridized carbons (Fsp3) is 0.250. The van der Waals surface area contributed by atoms with Gasteiger partial charge in [-0.15, -0.1) is 11.3 Å². The zero-order valence-electron chi connectivity index (χ0n) is 11.0. The summed E-state index contributed by atoms with van der Waals surface area (Å²) in [5.74, 6) is -0.630. The first-order valence-electron chi connectivity index (χ1n) is 6.71. The lowest BCUT2D eigenvalue weighted by Crippen LogP contribution is -2.44. The summed E-state index contributed by atoms with van der Waals surface area (Å²) >= 11 is 1.40. The smallest absolute Gasteiger partial charge is 0.237 e. The molecule has 0 aliphatic carbocycles. The van der Waals surface area contributed by atoms with E-state index in [2.05, 4.69) is 0 Å². The highest BCUT2D eigenvalue weighted by atomic mass is 32.1. The van der Waals surface area contributed by atoms with Gasteiger partial charge in [0, 0.05) is 12.2 Å². The van der Waals surface area contributed by atoms with Gasteiger partial charge in [-0.25, -0.2) is 0 Å². The van der Waals surface area contributed by atoms with Crippen molar-refractivity contribution in [3.63, 3.8) is 0 Å². The third kappa shape index (κ3) is 2.39. The van der Waals surface area contributed by atoms with Crippen LogP contribution in [0.3, 0.4) is 0 Å². The standard InChI is InChI=1S/C16H15NO2S/c18-15(14-9-5-11-20-14)13-8-4-10-17(16(13)19)12-6-2-1-3-7-12/h1-3,5-7,9,11,13H,4,8,10H2. The Balaban J connectivity index is 1.84. The van der Waals surface area contributed by atoms with Crippen molar-refractivity contribution in [2.45, 2.75) is 12.8 Å². The normalized spacial score (nSPS) is 19.1. The SMILES string of the molecule is O=C(c1cccs1)C1CCCN(c2ccccc2)C1=O. The molecule has 1 aliphatic heterocycles. The molecule has 1 amide bonds. The second-order valence-corrected chi connectivity index (χ2v) is 5.81. The highest BCUT2D eigenvalue weighted by Gasteiger charge is 2.35. The Hall–Kier alpha value is -1.94. The minimum Gasteiger partial charge on any atom is -0.312 e. The molecule has 1 fully saturated rings. The lowest BCUT2D eigenvalue weighted by Gasteiger charge is -2.31. The molecule has 0 radical (unpaired) electrons. The van der Waals surface area contributed by atoms with E-state index in [9.17, 15) is 9.59 Å². The van der Waals surface area contributed by atoms with E-state index in [0.29, 0.717) is 17.8 Å². The van der Waals surface area contributed by atoms with Crippen molar-refractivity contribution >= 4 is 28.7 Å². The van der Waals surface area contributed by atoms with Gasteiger partial charge in [-0.2, -0.15) is 0 Å². The molecule has 3 nitrogen and oxygen atoms in total. The first-order valence-corrected chi connectivity index (χ1v) is 7.59. The molecule has 1 saturated heterocycles. The highest BCUT2D eigenvalue weighted by molar-refractivity contribution is 7.12. The van der Waals surface area contributed by atoms with Crippen molar-refractivity contribution in [2.24, 2.45) is 5.92 Å². The van der Waals surface area contributed by atoms with Crippen LogP contribution >= 0.6 is 11.3 Å². The number of para-hydroxylation sites is 1. The van der Waals surface area contributed by atoms with Crippen molar-refractivity contribution in [3.8, 4) is 0 Å². The Morgan fingerprint density at radius 3 is 2.65 bits per heavy atom. The second kappa shape index (κ2) is 5.59. The van der Waals surface area contributed by atoms with E-state index in [1.807, 2.05) is 41.8 Å². The molecule has 3 rings (SSSR count). The first-order chi connectivity index (χ1) is 9.77. The van der Waals surface area contributed by atoms with Crippen LogP contribution in [0.1, 0.15) is 22.5 Å². The molecular formula is C16H15NO2S. The van der Waals surface area contributed by atoms with Crippen LogP contribution in [0.15, 0.2) is 47.8 Å². The number of benzene rings is 1. The number of hydrogen-bond acceptors (Lipinski definition) is 3. The van der Waals surface area contributed by atoms with Gasteiger partial charge in [-0.1, -0.05) is 24.3 Å². The van der Waals surface area contributed by atoms with E-state index in [-0.39, 0.29) is 11.7 Å². The maximum absolute atomic E-state index is 12.6. The number of rotatable bonds is 3. The molecule has 20 heavy (non-hydrogen) atoms. The third-order valence-electron chi connectivity index (χ3n) is 3.59. The summed E-state index contributed by atoms with van der Waals surface area (Å²) in [7, 11) is 0. The maximum atomic E-state index is 12.6. The number of anilines is 1. The summed E-state index contributed by atoms with van der Waals surface area (Å²) in [4.78, 5) is 27.4. The topological polar surface area (TPSA) is 37.4 Å². The van der Waals surface area contributed by atoms with Crippen molar-refractivity contribution < 1.29 is 9.59 Å². The molecule has 2 heterocycles. The lowest BCUT2D eigenvalue weighted by molar-refractivity contribution is -0.122. The molecule has 0 bridgehead atoms. The summed E-state index contributed by atoms with van der Waals surface area (Å²) in [5, 5.41) is 1.87. The molecular weight excluding hydrogens is 270 g/mol. The molecule has 102 valence electrons. The molecule has 0 spiro atoms. The number of carbonyl (C=O) groups excluding carboxylic acids is 2. The number of thiophene rings is 1. The molecule has 1 aliphatic rings. The van der Waals surface area contributed by atoms with Gasteiger partial charge in [-0.05, 0) is 36.4 Å². The van der Waals surface area contributed by atoms with Gasteiger partial charge >= 0.3 is 0 Å². The third-order valence-corrected chi connectivity index (χ3v) is 4.47. The average Bonchev–Trinajstić information content (AvgIpc) is 3.02. The molecule has 0 saturated carbocycles. The molecule has 4 heteroatoms. The molecule has 1 unspecified atom stereocenters. The van der Waals surface area contributed by atoms with Crippen LogP contribution in [-0.4, -0.2) is 18.2 Å². The van der Waals surface area contributed by atoms with Crippen molar-refractivity contribution in [1.82, 2.24) is 0 Å². The van der Waals surface area contributed by atoms with Crippen LogP contribution in [0.5, 0.6) is 0 Å². The monoisotopic (exact) mass is 285 g/mol. The number of amides is 1. The minimum atomic E-state index is -0.525. The van der Waals surface area contributed by atoms with Crippen molar-refractivity contribution in [3.05, 3.63) is 52.7 Å². The zero-order valence-corrected chi connectivity index (χ0v) is 11.8. The molecule has 2 aromatic rings. The Morgan fingerprint density at radius 1 is 1.15 bits per heavy atom. The van der Waals surface area contributed by atoms with Gasteiger partial charge in [0.2, 0.25) is 5.91 Å². The molecule has 1 atom stereocenters. The van der Waals surface area contributed by atoms with Crippen LogP contribution in [-0.2, 0) is 4.79 Å². The largest absolute Gasteiger partial charge is 0.312 e. The summed E-state index contributed by atoms with van der Waals surface area (Å²) in [6.45, 7) is 0.692. The first kappa shape index (κ1) is 13.1. The number of nitrogens with zero attached hydrogens (tertiary/aromatic N) is 1. The van der Waals surface area contributed by atoms with E-state index in [4.69, 9.17) is 0 Å². The average molecular weight is 285 g/mol. The molecule has 1 aromatic heterocycles. The summed E-state index contributed by atoms with van der Waals surface area (Å²) in [5.41, 5.74) is 0.876. The van der Waals surface area contributed by atoms with E-state index < -0.39 is 5.92 Å². The van der Waals surface area contributed by atoms with Gasteiger partial charge in [0.05, 0.1) is 4.88 Å². The Labute approximate surface area is 121 Å². The lowest BCUT2D eigenvalue weighted by atomic mass is 9.91. The van der Waals surface area contributed by atoms with Crippen LogP contribution < -0.4 is 4.90 Å². The van der Waals surface area contributed by atoms with Crippen molar-refractivity contribution in [1.29, 1.82) is 0 Å². The quantitative estimate of drug-likeness (QED) is 0.640. The predicted octanol–water partition coefficient (Wildman–Crippen LogP) is 3.37. The number of piperidine rings is 1. The van der Waals surface area contributed by atoms with Gasteiger partial charge in [0.25, 0.3) is 0 Å². The second-order valence-electron chi connectivity index (χ2n) is 4.86. The number of hydrogen-bond donors (Lipinski definition) is 0. The van der Waals surface area contributed by atoms with E-state index in [0.717, 1.165) is 12.1 Å².